The second-order valence-corrected chi connectivity index (χ2v) is 7.29. The van der Waals surface area contributed by atoms with Gasteiger partial charge in [0.25, 0.3) is 5.91 Å². The molecule has 25 heavy (non-hydrogen) atoms. The Morgan fingerprint density at radius 3 is 2.76 bits per heavy atom. The topological polar surface area (TPSA) is 53.5 Å². The lowest BCUT2D eigenvalue weighted by molar-refractivity contribution is 0.0977. The van der Waals surface area contributed by atoms with Gasteiger partial charge in [-0.15, -0.1) is 0 Å². The number of hydrogen-bond donors (Lipinski definition) is 2. The lowest BCUT2D eigenvalue weighted by atomic mass is 9.81. The molecule has 2 heterocycles. The second kappa shape index (κ2) is 6.61. The van der Waals surface area contributed by atoms with Crippen LogP contribution in [0.25, 0.3) is 0 Å². The van der Waals surface area contributed by atoms with Crippen LogP contribution in [0.4, 0.5) is 4.39 Å². The van der Waals surface area contributed by atoms with Crippen LogP contribution in [-0.2, 0) is 5.54 Å². The monoisotopic (exact) mass is 355 g/mol. The number of amides is 1. The van der Waals surface area contributed by atoms with E-state index in [1.54, 1.807) is 24.3 Å². The first kappa shape index (κ1) is 16.3. The highest BCUT2D eigenvalue weighted by Gasteiger charge is 2.48. The fourth-order valence-corrected chi connectivity index (χ4v) is 4.63. The zero-order valence-corrected chi connectivity index (χ0v) is 14.4. The summed E-state index contributed by atoms with van der Waals surface area (Å²) in [5.74, 6) is 0.544. The predicted octanol–water partition coefficient (Wildman–Crippen LogP) is 2.77. The number of thioether (sulfide) groups is 1. The summed E-state index contributed by atoms with van der Waals surface area (Å²) < 4.78 is 14.5. The van der Waals surface area contributed by atoms with Crippen molar-refractivity contribution < 1.29 is 9.18 Å². The number of fused-ring (bicyclic) bond motifs is 1. The highest BCUT2D eigenvalue weighted by molar-refractivity contribution is 8.13. The largest absolute Gasteiger partial charge is 0.314 e. The third kappa shape index (κ3) is 2.96. The smallest absolute Gasteiger partial charge is 0.257 e. The van der Waals surface area contributed by atoms with Gasteiger partial charge < -0.3 is 10.6 Å². The number of hydrogen-bond acceptors (Lipinski definition) is 4. The Hall–Kier alpha value is -2.18. The van der Waals surface area contributed by atoms with Gasteiger partial charge in [0.15, 0.2) is 5.17 Å². The van der Waals surface area contributed by atoms with Gasteiger partial charge in [0, 0.05) is 35.9 Å². The first-order chi connectivity index (χ1) is 12.2. The van der Waals surface area contributed by atoms with Gasteiger partial charge in [-0.1, -0.05) is 48.2 Å². The molecule has 0 radical (unpaired) electrons. The van der Waals surface area contributed by atoms with Crippen molar-refractivity contribution in [2.24, 2.45) is 10.9 Å². The lowest BCUT2D eigenvalue weighted by Crippen LogP contribution is -2.43. The number of carbonyl (C=O) groups is 1. The molecule has 2 atom stereocenters. The van der Waals surface area contributed by atoms with Crippen molar-refractivity contribution in [2.45, 2.75) is 5.54 Å². The van der Waals surface area contributed by atoms with E-state index < -0.39 is 5.54 Å². The number of carbonyl (C=O) groups excluding carboxylic acids is 1. The van der Waals surface area contributed by atoms with Crippen molar-refractivity contribution >= 4 is 22.8 Å². The Bertz CT molecular complexity index is 826. The molecule has 0 saturated carbocycles. The minimum atomic E-state index is -0.657. The van der Waals surface area contributed by atoms with Gasteiger partial charge in [-0.2, -0.15) is 0 Å². The van der Waals surface area contributed by atoms with Crippen LogP contribution in [0.1, 0.15) is 15.9 Å². The SMILES string of the molecule is O=C(NC1=N[C@@]2(c3ccccc3F)CNC[C@H]2CS1)c1ccccc1. The van der Waals surface area contributed by atoms with Crippen LogP contribution < -0.4 is 10.6 Å². The van der Waals surface area contributed by atoms with Gasteiger partial charge in [0.1, 0.15) is 11.4 Å². The second-order valence-electron chi connectivity index (χ2n) is 6.28. The first-order valence-corrected chi connectivity index (χ1v) is 9.22. The van der Waals surface area contributed by atoms with Crippen molar-refractivity contribution in [1.29, 1.82) is 0 Å². The molecule has 2 aromatic carbocycles. The highest BCUT2D eigenvalue weighted by Crippen LogP contribution is 2.43. The summed E-state index contributed by atoms with van der Waals surface area (Å²) in [5.41, 5.74) is 0.518. The van der Waals surface area contributed by atoms with Crippen molar-refractivity contribution in [2.75, 3.05) is 18.8 Å². The minimum absolute atomic E-state index is 0.195. The van der Waals surface area contributed by atoms with E-state index in [2.05, 4.69) is 10.6 Å². The Balaban J connectivity index is 1.67. The zero-order valence-electron chi connectivity index (χ0n) is 13.5. The number of amidine groups is 1. The molecule has 0 spiro atoms. The van der Waals surface area contributed by atoms with Gasteiger partial charge in [-0.25, -0.2) is 9.38 Å². The van der Waals surface area contributed by atoms with Gasteiger partial charge in [-0.05, 0) is 18.2 Å². The molecule has 0 aromatic heterocycles. The molecule has 2 aliphatic rings. The summed E-state index contributed by atoms with van der Waals surface area (Å²) >= 11 is 1.52. The van der Waals surface area contributed by atoms with E-state index in [9.17, 15) is 9.18 Å². The van der Waals surface area contributed by atoms with Crippen molar-refractivity contribution in [1.82, 2.24) is 10.6 Å². The van der Waals surface area contributed by atoms with E-state index in [1.807, 2.05) is 24.3 Å². The number of aliphatic imine (C=N–C) groups is 1. The molecule has 1 amide bonds. The molecule has 1 fully saturated rings. The summed E-state index contributed by atoms with van der Waals surface area (Å²) in [6.45, 7) is 1.37. The maximum atomic E-state index is 14.5. The quantitative estimate of drug-likeness (QED) is 0.871. The molecular formula is C19H18FN3OS. The van der Waals surface area contributed by atoms with Gasteiger partial charge >= 0.3 is 0 Å². The van der Waals surface area contributed by atoms with E-state index in [0.717, 1.165) is 12.3 Å². The highest BCUT2D eigenvalue weighted by atomic mass is 32.2. The van der Waals surface area contributed by atoms with Crippen LogP contribution in [0.3, 0.4) is 0 Å². The number of rotatable bonds is 2. The normalized spacial score (nSPS) is 25.2. The van der Waals surface area contributed by atoms with Crippen LogP contribution in [0.2, 0.25) is 0 Å². The summed E-state index contributed by atoms with van der Waals surface area (Å²) in [7, 11) is 0. The standard InChI is InChI=1S/C19H18FN3OS/c20-16-9-5-4-8-15(16)19-12-21-10-14(19)11-25-18(23-19)22-17(24)13-6-2-1-3-7-13/h1-9,14,21H,10-12H2,(H,22,23,24)/t14-,19-/m0/s1. The van der Waals surface area contributed by atoms with Crippen LogP contribution in [0.5, 0.6) is 0 Å². The van der Waals surface area contributed by atoms with Gasteiger partial charge in [0.2, 0.25) is 0 Å². The Kier molecular flexibility index (Phi) is 4.31. The molecule has 0 unspecified atom stereocenters. The van der Waals surface area contributed by atoms with Crippen molar-refractivity contribution in [3.8, 4) is 0 Å². The molecule has 0 aliphatic carbocycles. The van der Waals surface area contributed by atoms with E-state index in [1.165, 1.54) is 17.8 Å². The molecule has 0 bridgehead atoms. The van der Waals surface area contributed by atoms with Crippen molar-refractivity contribution in [3.63, 3.8) is 0 Å². The molecule has 4 nitrogen and oxygen atoms in total. The average molecular weight is 355 g/mol. The minimum Gasteiger partial charge on any atom is -0.314 e. The summed E-state index contributed by atoms with van der Waals surface area (Å²) in [4.78, 5) is 17.2. The molecule has 4 rings (SSSR count). The van der Waals surface area contributed by atoms with Gasteiger partial charge in [0.05, 0.1) is 0 Å². The number of benzene rings is 2. The van der Waals surface area contributed by atoms with E-state index in [0.29, 0.717) is 22.8 Å². The van der Waals surface area contributed by atoms with Crippen molar-refractivity contribution in [3.05, 3.63) is 71.5 Å². The number of nitrogens with zero attached hydrogens (tertiary/aromatic N) is 1. The predicted molar refractivity (Wildman–Crippen MR) is 98.2 cm³/mol. The van der Waals surface area contributed by atoms with Gasteiger partial charge in [-0.3, -0.25) is 4.79 Å². The third-order valence-corrected chi connectivity index (χ3v) is 5.82. The Labute approximate surface area is 149 Å². The summed E-state index contributed by atoms with van der Waals surface area (Å²) in [5, 5.41) is 6.77. The molecule has 2 N–H and O–H groups in total. The fourth-order valence-electron chi connectivity index (χ4n) is 3.48. The van der Waals surface area contributed by atoms with E-state index in [4.69, 9.17) is 4.99 Å². The van der Waals surface area contributed by atoms with Crippen LogP contribution >= 0.6 is 11.8 Å². The molecule has 1 saturated heterocycles. The van der Waals surface area contributed by atoms with E-state index in [-0.39, 0.29) is 17.6 Å². The molecule has 2 aromatic rings. The maximum Gasteiger partial charge on any atom is 0.257 e. The maximum absolute atomic E-state index is 14.5. The Morgan fingerprint density at radius 1 is 1.20 bits per heavy atom. The summed E-state index contributed by atoms with van der Waals surface area (Å²) in [6, 6.07) is 15.8. The molecular weight excluding hydrogens is 337 g/mol. The fraction of sp³-hybridized carbons (Fsp3) is 0.263. The third-order valence-electron chi connectivity index (χ3n) is 4.78. The van der Waals surface area contributed by atoms with Crippen LogP contribution in [0, 0.1) is 11.7 Å². The zero-order chi connectivity index (χ0) is 17.3. The van der Waals surface area contributed by atoms with E-state index >= 15 is 0 Å². The lowest BCUT2D eigenvalue weighted by Gasteiger charge is -2.35. The first-order valence-electron chi connectivity index (χ1n) is 8.24. The number of nitrogens with one attached hydrogen (secondary N) is 2. The van der Waals surface area contributed by atoms with Crippen LogP contribution in [0.15, 0.2) is 59.6 Å². The molecule has 128 valence electrons. The molecule has 2 aliphatic heterocycles. The average Bonchev–Trinajstić information content (AvgIpc) is 3.07. The van der Waals surface area contributed by atoms with Crippen LogP contribution in [-0.4, -0.2) is 29.9 Å². The molecule has 6 heteroatoms. The number of halogens is 1. The Morgan fingerprint density at radius 2 is 1.96 bits per heavy atom. The summed E-state index contributed by atoms with van der Waals surface area (Å²) in [6.07, 6.45) is 0.